The molecule has 0 amide bonds. The smallest absolute Gasteiger partial charge is 0.0975 e. The summed E-state index contributed by atoms with van der Waals surface area (Å²) < 4.78 is 0. The van der Waals surface area contributed by atoms with E-state index in [2.05, 4.69) is 19.9 Å². The number of hydrogen-bond acceptors (Lipinski definition) is 3. The average molecular weight is 307 g/mol. The van der Waals surface area contributed by atoms with Crippen molar-refractivity contribution in [1.29, 1.82) is 0 Å². The first-order valence-electron chi connectivity index (χ1n) is 6.91. The molecule has 106 valence electrons. The molecule has 0 saturated carbocycles. The summed E-state index contributed by atoms with van der Waals surface area (Å²) in [5.41, 5.74) is 8.97. The van der Waals surface area contributed by atoms with Crippen molar-refractivity contribution < 1.29 is 0 Å². The van der Waals surface area contributed by atoms with E-state index in [4.69, 9.17) is 22.3 Å². The zero-order valence-corrected chi connectivity index (χ0v) is 13.4. The van der Waals surface area contributed by atoms with Crippen LogP contribution >= 0.6 is 22.9 Å². The Morgan fingerprint density at radius 2 is 2.25 bits per heavy atom. The SMILES string of the molecule is CC1(C)Cc2nc(Cc3cccc(Cl)c3)sc2C(N)C1. The molecule has 3 rings (SSSR count). The van der Waals surface area contributed by atoms with E-state index in [1.165, 1.54) is 16.1 Å². The third-order valence-corrected chi connectivity index (χ3v) is 5.24. The van der Waals surface area contributed by atoms with Crippen molar-refractivity contribution in [3.63, 3.8) is 0 Å². The summed E-state index contributed by atoms with van der Waals surface area (Å²) in [6.07, 6.45) is 2.91. The summed E-state index contributed by atoms with van der Waals surface area (Å²) in [6.45, 7) is 4.54. The van der Waals surface area contributed by atoms with Crippen molar-refractivity contribution in [1.82, 2.24) is 4.98 Å². The Balaban J connectivity index is 1.87. The van der Waals surface area contributed by atoms with Gasteiger partial charge in [0.15, 0.2) is 0 Å². The third-order valence-electron chi connectivity index (χ3n) is 3.77. The van der Waals surface area contributed by atoms with Gasteiger partial charge in [-0.25, -0.2) is 4.98 Å². The number of nitrogens with two attached hydrogens (primary N) is 1. The second kappa shape index (κ2) is 5.14. The summed E-state index contributed by atoms with van der Waals surface area (Å²) in [4.78, 5) is 6.10. The van der Waals surface area contributed by atoms with Crippen LogP contribution in [0, 0.1) is 5.41 Å². The molecule has 4 heteroatoms. The maximum atomic E-state index is 6.30. The number of thiazole rings is 1. The Morgan fingerprint density at radius 1 is 1.45 bits per heavy atom. The van der Waals surface area contributed by atoms with Crippen LogP contribution in [0.4, 0.5) is 0 Å². The number of rotatable bonds is 2. The predicted octanol–water partition coefficient (Wildman–Crippen LogP) is 4.36. The van der Waals surface area contributed by atoms with Crippen LogP contribution in [-0.2, 0) is 12.8 Å². The highest BCUT2D eigenvalue weighted by atomic mass is 35.5. The third kappa shape index (κ3) is 2.90. The van der Waals surface area contributed by atoms with E-state index in [-0.39, 0.29) is 11.5 Å². The molecule has 20 heavy (non-hydrogen) atoms. The van der Waals surface area contributed by atoms with Crippen LogP contribution in [0.2, 0.25) is 5.02 Å². The van der Waals surface area contributed by atoms with Gasteiger partial charge < -0.3 is 5.73 Å². The molecular formula is C16H19ClN2S. The minimum atomic E-state index is 0.138. The van der Waals surface area contributed by atoms with Crippen LogP contribution < -0.4 is 5.73 Å². The molecule has 0 radical (unpaired) electrons. The highest BCUT2D eigenvalue weighted by molar-refractivity contribution is 7.11. The number of halogens is 1. The van der Waals surface area contributed by atoms with Gasteiger partial charge in [-0.05, 0) is 36.0 Å². The van der Waals surface area contributed by atoms with Gasteiger partial charge in [-0.2, -0.15) is 0 Å². The highest BCUT2D eigenvalue weighted by Gasteiger charge is 2.33. The number of hydrogen-bond donors (Lipinski definition) is 1. The molecule has 1 aromatic carbocycles. The van der Waals surface area contributed by atoms with Gasteiger partial charge in [-0.15, -0.1) is 11.3 Å². The van der Waals surface area contributed by atoms with Crippen LogP contribution in [0.1, 0.15) is 47.5 Å². The predicted molar refractivity (Wildman–Crippen MR) is 85.4 cm³/mol. The Kier molecular flexibility index (Phi) is 3.61. The molecule has 1 aliphatic rings. The summed E-state index contributed by atoms with van der Waals surface area (Å²) in [5, 5.41) is 1.92. The number of nitrogens with zero attached hydrogens (tertiary/aromatic N) is 1. The molecule has 1 aromatic heterocycles. The lowest BCUT2D eigenvalue weighted by molar-refractivity contribution is 0.282. The van der Waals surface area contributed by atoms with E-state index in [0.717, 1.165) is 29.3 Å². The van der Waals surface area contributed by atoms with Crippen LogP contribution in [0.15, 0.2) is 24.3 Å². The van der Waals surface area contributed by atoms with Crippen molar-refractivity contribution >= 4 is 22.9 Å². The van der Waals surface area contributed by atoms with Crippen LogP contribution in [0.25, 0.3) is 0 Å². The fourth-order valence-electron chi connectivity index (χ4n) is 2.94. The van der Waals surface area contributed by atoms with Gasteiger partial charge in [0.2, 0.25) is 0 Å². The molecule has 1 aliphatic carbocycles. The van der Waals surface area contributed by atoms with Crippen molar-refractivity contribution in [2.45, 2.75) is 39.2 Å². The lowest BCUT2D eigenvalue weighted by Gasteiger charge is -2.32. The molecule has 1 atom stereocenters. The van der Waals surface area contributed by atoms with Crippen LogP contribution in [0.5, 0.6) is 0 Å². The second-order valence-electron chi connectivity index (χ2n) is 6.38. The first-order valence-corrected chi connectivity index (χ1v) is 8.11. The Hall–Kier alpha value is -0.900. The molecule has 2 nitrogen and oxygen atoms in total. The normalized spacial score (nSPS) is 20.7. The van der Waals surface area contributed by atoms with Crippen molar-refractivity contribution in [2.75, 3.05) is 0 Å². The zero-order valence-electron chi connectivity index (χ0n) is 11.8. The molecule has 0 spiro atoms. The molecule has 0 fully saturated rings. The first kappa shape index (κ1) is 14.1. The first-order chi connectivity index (χ1) is 9.43. The van der Waals surface area contributed by atoms with Gasteiger partial charge in [-0.3, -0.25) is 0 Å². The van der Waals surface area contributed by atoms with Gasteiger partial charge in [0.1, 0.15) is 0 Å². The molecule has 2 N–H and O–H groups in total. The Bertz CT molecular complexity index is 633. The van der Waals surface area contributed by atoms with E-state index < -0.39 is 0 Å². The average Bonchev–Trinajstić information content (AvgIpc) is 2.70. The highest BCUT2D eigenvalue weighted by Crippen LogP contribution is 2.42. The standard InChI is InChI=1S/C16H19ClN2S/c1-16(2)8-12(18)15-13(9-16)19-14(20-15)7-10-4-3-5-11(17)6-10/h3-6,12H,7-9,18H2,1-2H3. The number of benzene rings is 1. The maximum absolute atomic E-state index is 6.30. The van der Waals surface area contributed by atoms with Gasteiger partial charge in [0.25, 0.3) is 0 Å². The lowest BCUT2D eigenvalue weighted by atomic mass is 9.77. The van der Waals surface area contributed by atoms with E-state index in [9.17, 15) is 0 Å². The van der Waals surface area contributed by atoms with Crippen LogP contribution in [0.3, 0.4) is 0 Å². The minimum Gasteiger partial charge on any atom is -0.323 e. The monoisotopic (exact) mass is 306 g/mol. The van der Waals surface area contributed by atoms with E-state index in [1.807, 2.05) is 18.2 Å². The molecule has 0 aliphatic heterocycles. The van der Waals surface area contributed by atoms with E-state index in [1.54, 1.807) is 11.3 Å². The largest absolute Gasteiger partial charge is 0.323 e. The fourth-order valence-corrected chi connectivity index (χ4v) is 4.27. The van der Waals surface area contributed by atoms with E-state index in [0.29, 0.717) is 0 Å². The Labute approximate surface area is 129 Å². The zero-order chi connectivity index (χ0) is 14.3. The van der Waals surface area contributed by atoms with Crippen molar-refractivity contribution in [3.8, 4) is 0 Å². The maximum Gasteiger partial charge on any atom is 0.0975 e. The molecule has 0 saturated heterocycles. The molecule has 1 heterocycles. The number of fused-ring (bicyclic) bond motifs is 1. The lowest BCUT2D eigenvalue weighted by Crippen LogP contribution is -2.28. The van der Waals surface area contributed by atoms with Gasteiger partial charge in [0.05, 0.1) is 10.7 Å². The van der Waals surface area contributed by atoms with Crippen LogP contribution in [-0.4, -0.2) is 4.98 Å². The molecular weight excluding hydrogens is 288 g/mol. The summed E-state index contributed by atoms with van der Waals surface area (Å²) in [6, 6.07) is 8.12. The number of aromatic nitrogens is 1. The van der Waals surface area contributed by atoms with Gasteiger partial charge >= 0.3 is 0 Å². The molecule has 1 unspecified atom stereocenters. The summed E-state index contributed by atoms with van der Waals surface area (Å²) in [5.74, 6) is 0. The topological polar surface area (TPSA) is 38.9 Å². The van der Waals surface area contributed by atoms with Gasteiger partial charge in [-0.1, -0.05) is 37.6 Å². The van der Waals surface area contributed by atoms with Crippen molar-refractivity contribution in [3.05, 3.63) is 50.4 Å². The van der Waals surface area contributed by atoms with Gasteiger partial charge in [0, 0.05) is 22.4 Å². The molecule has 0 bridgehead atoms. The quantitative estimate of drug-likeness (QED) is 0.895. The van der Waals surface area contributed by atoms with E-state index >= 15 is 0 Å². The summed E-state index contributed by atoms with van der Waals surface area (Å²) in [7, 11) is 0. The summed E-state index contributed by atoms with van der Waals surface area (Å²) >= 11 is 7.80. The fraction of sp³-hybridized carbons (Fsp3) is 0.438. The minimum absolute atomic E-state index is 0.138. The Morgan fingerprint density at radius 3 is 3.00 bits per heavy atom. The molecule has 2 aromatic rings. The van der Waals surface area contributed by atoms with Crippen molar-refractivity contribution in [2.24, 2.45) is 11.1 Å². The second-order valence-corrected chi connectivity index (χ2v) is 7.93.